The Labute approximate surface area is 237 Å². The number of amides is 3. The molecular weight excluding hydrogens is 546 g/mol. The first kappa shape index (κ1) is 28.9. The van der Waals surface area contributed by atoms with Crippen LogP contribution in [0.1, 0.15) is 42.7 Å². The lowest BCUT2D eigenvalue weighted by Crippen LogP contribution is -2.56. The van der Waals surface area contributed by atoms with Gasteiger partial charge < -0.3 is 15.0 Å². The van der Waals surface area contributed by atoms with Crippen LogP contribution >= 0.6 is 23.2 Å². The highest BCUT2D eigenvalue weighted by Gasteiger charge is 2.39. The number of esters is 1. The van der Waals surface area contributed by atoms with Crippen LogP contribution < -0.4 is 5.32 Å². The Hall–Kier alpha value is -3.14. The second kappa shape index (κ2) is 12.4. The molecule has 0 aliphatic carbocycles. The summed E-state index contributed by atoms with van der Waals surface area (Å²) in [5.74, 6) is -1.23. The Morgan fingerprint density at radius 3 is 2.51 bits per heavy atom. The predicted molar refractivity (Wildman–Crippen MR) is 147 cm³/mol. The smallest absolute Gasteiger partial charge is 0.338 e. The summed E-state index contributed by atoms with van der Waals surface area (Å²) in [4.78, 5) is 44.9. The highest BCUT2D eigenvalue weighted by Crippen LogP contribution is 2.35. The molecule has 0 unspecified atom stereocenters. The number of hydrogen-bond donors (Lipinski definition) is 1. The van der Waals surface area contributed by atoms with Crippen molar-refractivity contribution in [3.8, 4) is 0 Å². The molecule has 2 aliphatic heterocycles. The minimum absolute atomic E-state index is 0.168. The van der Waals surface area contributed by atoms with Crippen LogP contribution in [0.15, 0.2) is 53.7 Å². The number of nitrogens with zero attached hydrogens (tertiary/aromatic N) is 3. The number of carbonyl (C=O) groups is 3. The molecule has 0 bridgehead atoms. The standard InChI is InChI=1S/C28H31Cl2FN4O4/c1-4-34-23(16-33-11-12-35(17(3)15-33)26(36)19-7-6-8-20(31)13-19)24(27(37)39-5-2)25(32-28(34)38)18-9-10-21(29)22(30)14-18/h6-10,13-14,17,25H,4-5,11-12,15-16H2,1-3H3,(H,32,38)/t17-,25-/m0/s1. The molecule has 208 valence electrons. The highest BCUT2D eigenvalue weighted by atomic mass is 35.5. The monoisotopic (exact) mass is 576 g/mol. The first-order valence-electron chi connectivity index (χ1n) is 12.9. The molecule has 2 aromatic carbocycles. The van der Waals surface area contributed by atoms with Gasteiger partial charge in [-0.3, -0.25) is 14.6 Å². The van der Waals surface area contributed by atoms with Crippen molar-refractivity contribution in [2.45, 2.75) is 32.9 Å². The van der Waals surface area contributed by atoms with Crippen molar-refractivity contribution in [3.05, 3.63) is 80.7 Å². The fourth-order valence-corrected chi connectivity index (χ4v) is 5.38. The fraction of sp³-hybridized carbons (Fsp3) is 0.393. The van der Waals surface area contributed by atoms with E-state index in [-0.39, 0.29) is 24.6 Å². The summed E-state index contributed by atoms with van der Waals surface area (Å²) < 4.78 is 19.1. The number of urea groups is 1. The van der Waals surface area contributed by atoms with E-state index in [1.165, 1.54) is 23.1 Å². The topological polar surface area (TPSA) is 82.2 Å². The number of nitrogens with one attached hydrogen (secondary N) is 1. The lowest BCUT2D eigenvalue weighted by atomic mass is 9.94. The molecule has 0 spiro atoms. The molecule has 0 aromatic heterocycles. The van der Waals surface area contributed by atoms with Crippen LogP contribution in [0, 0.1) is 5.82 Å². The molecule has 0 radical (unpaired) electrons. The predicted octanol–water partition coefficient (Wildman–Crippen LogP) is 4.88. The van der Waals surface area contributed by atoms with Gasteiger partial charge in [-0.25, -0.2) is 14.0 Å². The molecule has 8 nitrogen and oxygen atoms in total. The van der Waals surface area contributed by atoms with E-state index in [0.717, 1.165) is 0 Å². The summed E-state index contributed by atoms with van der Waals surface area (Å²) in [6.07, 6.45) is 0. The van der Waals surface area contributed by atoms with E-state index in [2.05, 4.69) is 10.2 Å². The summed E-state index contributed by atoms with van der Waals surface area (Å²) >= 11 is 12.4. The molecule has 2 heterocycles. The first-order chi connectivity index (χ1) is 18.6. The number of halogens is 3. The second-order valence-corrected chi connectivity index (χ2v) is 10.3. The van der Waals surface area contributed by atoms with E-state index in [1.54, 1.807) is 36.1 Å². The van der Waals surface area contributed by atoms with E-state index in [4.69, 9.17) is 27.9 Å². The van der Waals surface area contributed by atoms with Gasteiger partial charge in [-0.2, -0.15) is 0 Å². The van der Waals surface area contributed by atoms with Crippen LogP contribution in [-0.2, 0) is 9.53 Å². The molecule has 2 atom stereocenters. The number of carbonyl (C=O) groups excluding carboxylic acids is 3. The van der Waals surface area contributed by atoms with E-state index < -0.39 is 17.8 Å². The van der Waals surface area contributed by atoms with E-state index in [0.29, 0.717) is 65.2 Å². The largest absolute Gasteiger partial charge is 0.463 e. The van der Waals surface area contributed by atoms with Crippen LogP contribution in [-0.4, -0.2) is 78.0 Å². The van der Waals surface area contributed by atoms with Crippen LogP contribution in [0.4, 0.5) is 9.18 Å². The van der Waals surface area contributed by atoms with Crippen LogP contribution in [0.5, 0.6) is 0 Å². The van der Waals surface area contributed by atoms with E-state index in [9.17, 15) is 18.8 Å². The fourth-order valence-electron chi connectivity index (χ4n) is 5.08. The Bertz CT molecular complexity index is 1300. The quantitative estimate of drug-likeness (QED) is 0.475. The molecule has 1 N–H and O–H groups in total. The Morgan fingerprint density at radius 2 is 1.87 bits per heavy atom. The van der Waals surface area contributed by atoms with Crippen LogP contribution in [0.25, 0.3) is 0 Å². The first-order valence-corrected chi connectivity index (χ1v) is 13.6. The van der Waals surface area contributed by atoms with Crippen LogP contribution in [0.2, 0.25) is 10.0 Å². The average Bonchev–Trinajstić information content (AvgIpc) is 2.90. The maximum Gasteiger partial charge on any atom is 0.338 e. The van der Waals surface area contributed by atoms with Gasteiger partial charge in [0.25, 0.3) is 5.91 Å². The summed E-state index contributed by atoms with van der Waals surface area (Å²) in [6.45, 7) is 7.69. The number of hydrogen-bond acceptors (Lipinski definition) is 5. The second-order valence-electron chi connectivity index (χ2n) is 9.47. The molecule has 0 saturated carbocycles. The van der Waals surface area contributed by atoms with E-state index >= 15 is 0 Å². The molecule has 39 heavy (non-hydrogen) atoms. The number of ether oxygens (including phenoxy) is 1. The maximum atomic E-state index is 13.7. The average molecular weight is 577 g/mol. The third-order valence-electron chi connectivity index (χ3n) is 6.94. The van der Waals surface area contributed by atoms with Gasteiger partial charge >= 0.3 is 12.0 Å². The van der Waals surface area contributed by atoms with Gasteiger partial charge in [0.15, 0.2) is 0 Å². The minimum atomic E-state index is -0.780. The Morgan fingerprint density at radius 1 is 1.10 bits per heavy atom. The SMILES string of the molecule is CCOC(=O)C1=C(CN2CCN(C(=O)c3cccc(F)c3)[C@@H](C)C2)N(CC)C(=O)N[C@H]1c1ccc(Cl)c(Cl)c1. The van der Waals surface area contributed by atoms with Crippen molar-refractivity contribution < 1.29 is 23.5 Å². The van der Waals surface area contributed by atoms with Gasteiger partial charge in [0.2, 0.25) is 0 Å². The zero-order valence-electron chi connectivity index (χ0n) is 22.0. The summed E-state index contributed by atoms with van der Waals surface area (Å²) in [6, 6.07) is 9.33. The molecule has 1 saturated heterocycles. The van der Waals surface area contributed by atoms with Crippen molar-refractivity contribution in [3.63, 3.8) is 0 Å². The minimum Gasteiger partial charge on any atom is -0.463 e. The van der Waals surface area contributed by atoms with Crippen molar-refractivity contribution >= 4 is 41.1 Å². The third-order valence-corrected chi connectivity index (χ3v) is 7.68. The third kappa shape index (κ3) is 6.21. The van der Waals surface area contributed by atoms with Crippen molar-refractivity contribution in [2.24, 2.45) is 0 Å². The molecule has 3 amide bonds. The number of piperazine rings is 1. The lowest BCUT2D eigenvalue weighted by molar-refractivity contribution is -0.139. The number of likely N-dealkylation sites (N-methyl/N-ethyl adjacent to an activating group) is 1. The molecule has 11 heteroatoms. The van der Waals surface area contributed by atoms with Gasteiger partial charge in [-0.15, -0.1) is 0 Å². The van der Waals surface area contributed by atoms with Gasteiger partial charge in [0, 0.05) is 50.0 Å². The van der Waals surface area contributed by atoms with Gasteiger partial charge in [0.05, 0.1) is 28.3 Å². The summed E-state index contributed by atoms with van der Waals surface area (Å²) in [5.41, 5.74) is 1.76. The zero-order chi connectivity index (χ0) is 28.3. The van der Waals surface area contributed by atoms with Crippen molar-refractivity contribution in [1.29, 1.82) is 0 Å². The maximum absolute atomic E-state index is 13.7. The van der Waals surface area contributed by atoms with Gasteiger partial charge in [-0.05, 0) is 56.7 Å². The molecule has 2 aromatic rings. The van der Waals surface area contributed by atoms with Crippen LogP contribution in [0.3, 0.4) is 0 Å². The molecule has 4 rings (SSSR count). The van der Waals surface area contributed by atoms with Gasteiger partial charge in [-0.1, -0.05) is 35.3 Å². The van der Waals surface area contributed by atoms with E-state index in [1.807, 2.05) is 13.8 Å². The van der Waals surface area contributed by atoms with Crippen molar-refractivity contribution in [1.82, 2.24) is 20.0 Å². The number of rotatable bonds is 7. The number of benzene rings is 2. The summed E-state index contributed by atoms with van der Waals surface area (Å²) in [5, 5.41) is 3.58. The molecular formula is C28H31Cl2FN4O4. The highest BCUT2D eigenvalue weighted by molar-refractivity contribution is 6.42. The Balaban J connectivity index is 1.64. The molecule has 2 aliphatic rings. The van der Waals surface area contributed by atoms with Gasteiger partial charge in [0.1, 0.15) is 5.82 Å². The van der Waals surface area contributed by atoms with Crippen molar-refractivity contribution in [2.75, 3.05) is 39.3 Å². The lowest BCUT2D eigenvalue weighted by Gasteiger charge is -2.43. The normalized spacial score (nSPS) is 20.2. The summed E-state index contributed by atoms with van der Waals surface area (Å²) in [7, 11) is 0. The molecule has 1 fully saturated rings. The Kier molecular flexibility index (Phi) is 9.15. The zero-order valence-corrected chi connectivity index (χ0v) is 23.6.